The first-order chi connectivity index (χ1) is 18.1. The third-order valence-electron chi connectivity index (χ3n) is 7.53. The van der Waals surface area contributed by atoms with E-state index in [1.807, 2.05) is 63.2 Å². The van der Waals surface area contributed by atoms with Crippen LogP contribution < -0.4 is 16.0 Å². The monoisotopic (exact) mass is 536 g/mol. The second-order valence-corrected chi connectivity index (χ2v) is 11.6. The van der Waals surface area contributed by atoms with Crippen LogP contribution in [0.25, 0.3) is 0 Å². The fourth-order valence-corrected chi connectivity index (χ4v) is 6.85. The predicted octanol–water partition coefficient (Wildman–Crippen LogP) is 4.56. The van der Waals surface area contributed by atoms with Crippen LogP contribution in [0.5, 0.6) is 0 Å². The standard InChI is InChI=1S/C29H36N4O4S/c1-5-32-14-15-33(38(36,37)27-9-7-6-8-26(27)32)18-22-16-21(11-10-19(22)2)24(17-28(34)35)23-12-13-25(31-4)29(30)20(23)3/h6-13,16,24,31H,5,14-15,17-18,30H2,1-4H3,(H,34,35). The van der Waals surface area contributed by atoms with Crippen molar-refractivity contribution in [3.8, 4) is 0 Å². The van der Waals surface area contributed by atoms with Gasteiger partial charge in [0.1, 0.15) is 4.90 Å². The highest BCUT2D eigenvalue weighted by Gasteiger charge is 2.32. The molecule has 202 valence electrons. The highest BCUT2D eigenvalue weighted by atomic mass is 32.2. The molecular formula is C29H36N4O4S. The van der Waals surface area contributed by atoms with Crippen LogP contribution in [0.4, 0.5) is 17.1 Å². The Labute approximate surface area is 225 Å². The minimum absolute atomic E-state index is 0.109. The van der Waals surface area contributed by atoms with E-state index in [1.54, 1.807) is 19.2 Å². The van der Waals surface area contributed by atoms with Gasteiger partial charge in [-0.2, -0.15) is 4.31 Å². The quantitative estimate of drug-likeness (QED) is 0.361. The van der Waals surface area contributed by atoms with Crippen LogP contribution in [0.3, 0.4) is 0 Å². The second-order valence-electron chi connectivity index (χ2n) is 9.71. The fourth-order valence-electron chi connectivity index (χ4n) is 5.23. The summed E-state index contributed by atoms with van der Waals surface area (Å²) < 4.78 is 29.0. The SMILES string of the molecule is CCN1CCN(Cc2cc(C(CC(=O)O)c3ccc(NC)c(N)c3C)ccc2C)S(=O)(=O)c2ccccc21. The molecule has 8 nitrogen and oxygen atoms in total. The first-order valence-electron chi connectivity index (χ1n) is 12.8. The second kappa shape index (κ2) is 11.0. The number of sulfonamides is 1. The minimum Gasteiger partial charge on any atom is -0.481 e. The summed E-state index contributed by atoms with van der Waals surface area (Å²) >= 11 is 0. The Balaban J connectivity index is 1.75. The molecule has 0 bridgehead atoms. The van der Waals surface area contributed by atoms with Crippen LogP contribution in [-0.2, 0) is 21.4 Å². The predicted molar refractivity (Wildman–Crippen MR) is 152 cm³/mol. The van der Waals surface area contributed by atoms with Gasteiger partial charge in [0, 0.05) is 39.1 Å². The van der Waals surface area contributed by atoms with Crippen molar-refractivity contribution in [3.05, 3.63) is 82.4 Å². The Morgan fingerprint density at radius 2 is 1.84 bits per heavy atom. The molecule has 1 unspecified atom stereocenters. The van der Waals surface area contributed by atoms with Crippen LogP contribution in [0.2, 0.25) is 0 Å². The molecule has 0 amide bonds. The Hall–Kier alpha value is -3.56. The molecule has 0 radical (unpaired) electrons. The number of nitrogens with two attached hydrogens (primary N) is 1. The van der Waals surface area contributed by atoms with Gasteiger partial charge in [-0.3, -0.25) is 4.79 Å². The summed E-state index contributed by atoms with van der Waals surface area (Å²) in [7, 11) is -1.94. The Kier molecular flexibility index (Phi) is 7.99. The number of carbonyl (C=O) groups is 1. The molecule has 0 saturated heterocycles. The van der Waals surface area contributed by atoms with Crippen molar-refractivity contribution in [2.24, 2.45) is 0 Å². The number of anilines is 3. The van der Waals surface area contributed by atoms with Gasteiger partial charge in [0.15, 0.2) is 0 Å². The molecule has 38 heavy (non-hydrogen) atoms. The van der Waals surface area contributed by atoms with E-state index >= 15 is 0 Å². The van der Waals surface area contributed by atoms with E-state index < -0.39 is 21.9 Å². The molecule has 1 aliphatic rings. The zero-order valence-electron chi connectivity index (χ0n) is 22.4. The molecule has 1 aliphatic heterocycles. The molecule has 3 aromatic rings. The molecule has 0 aromatic heterocycles. The van der Waals surface area contributed by atoms with Crippen molar-refractivity contribution in [1.29, 1.82) is 0 Å². The first kappa shape index (κ1) is 27.5. The summed E-state index contributed by atoms with van der Waals surface area (Å²) in [5, 5.41) is 12.8. The molecule has 0 aliphatic carbocycles. The lowest BCUT2D eigenvalue weighted by atomic mass is 9.84. The number of para-hydroxylation sites is 1. The van der Waals surface area contributed by atoms with Crippen LogP contribution >= 0.6 is 0 Å². The molecule has 1 atom stereocenters. The van der Waals surface area contributed by atoms with Crippen molar-refractivity contribution < 1.29 is 18.3 Å². The Bertz CT molecular complexity index is 1450. The van der Waals surface area contributed by atoms with Gasteiger partial charge in [0.05, 0.1) is 23.5 Å². The van der Waals surface area contributed by atoms with Gasteiger partial charge in [-0.05, 0) is 66.8 Å². The summed E-state index contributed by atoms with van der Waals surface area (Å²) in [5.74, 6) is -1.35. The summed E-state index contributed by atoms with van der Waals surface area (Å²) in [4.78, 5) is 14.3. The maximum absolute atomic E-state index is 13.7. The molecule has 1 heterocycles. The fraction of sp³-hybridized carbons (Fsp3) is 0.345. The highest BCUT2D eigenvalue weighted by molar-refractivity contribution is 7.89. The van der Waals surface area contributed by atoms with Crippen LogP contribution in [0, 0.1) is 13.8 Å². The van der Waals surface area contributed by atoms with Gasteiger partial charge >= 0.3 is 5.97 Å². The molecular weight excluding hydrogens is 500 g/mol. The van der Waals surface area contributed by atoms with E-state index in [0.29, 0.717) is 30.2 Å². The number of nitrogens with one attached hydrogen (secondary N) is 1. The zero-order chi connectivity index (χ0) is 27.6. The number of hydrogen-bond acceptors (Lipinski definition) is 6. The first-order valence-corrected chi connectivity index (χ1v) is 14.2. The Morgan fingerprint density at radius 3 is 2.53 bits per heavy atom. The molecule has 4 N–H and O–H groups in total. The van der Waals surface area contributed by atoms with Crippen LogP contribution in [0.1, 0.15) is 47.1 Å². The van der Waals surface area contributed by atoms with Crippen LogP contribution in [-0.4, -0.2) is 50.5 Å². The molecule has 0 fully saturated rings. The molecule has 3 aromatic carbocycles. The molecule has 9 heteroatoms. The van der Waals surface area contributed by atoms with E-state index in [0.717, 1.165) is 39.2 Å². The normalized spacial score (nSPS) is 15.9. The van der Waals surface area contributed by atoms with Gasteiger partial charge in [-0.25, -0.2) is 8.42 Å². The number of likely N-dealkylation sites (N-methyl/N-ethyl adjacent to an activating group) is 1. The van der Waals surface area contributed by atoms with Crippen molar-refractivity contribution in [1.82, 2.24) is 4.31 Å². The van der Waals surface area contributed by atoms with E-state index in [4.69, 9.17) is 5.73 Å². The van der Waals surface area contributed by atoms with Gasteiger partial charge in [-0.15, -0.1) is 0 Å². The lowest BCUT2D eigenvalue weighted by Gasteiger charge is -2.24. The van der Waals surface area contributed by atoms with Crippen molar-refractivity contribution in [3.63, 3.8) is 0 Å². The summed E-state index contributed by atoms with van der Waals surface area (Å²) in [6, 6.07) is 16.7. The van der Waals surface area contributed by atoms with Crippen LogP contribution in [0.15, 0.2) is 59.5 Å². The average molecular weight is 537 g/mol. The van der Waals surface area contributed by atoms with E-state index in [9.17, 15) is 18.3 Å². The van der Waals surface area contributed by atoms with E-state index in [2.05, 4.69) is 10.2 Å². The number of nitrogen functional groups attached to an aromatic ring is 1. The minimum atomic E-state index is -3.73. The number of nitrogens with zero attached hydrogens (tertiary/aromatic N) is 2. The average Bonchev–Trinajstić information content (AvgIpc) is 2.99. The molecule has 4 rings (SSSR count). The number of hydrogen-bond donors (Lipinski definition) is 3. The molecule has 0 spiro atoms. The molecule has 0 saturated carbocycles. The van der Waals surface area contributed by atoms with Crippen molar-refractivity contribution in [2.75, 3.05) is 42.6 Å². The largest absolute Gasteiger partial charge is 0.481 e. The van der Waals surface area contributed by atoms with E-state index in [-0.39, 0.29) is 13.0 Å². The number of aliphatic carboxylic acids is 1. The van der Waals surface area contributed by atoms with Gasteiger partial charge < -0.3 is 21.1 Å². The summed E-state index contributed by atoms with van der Waals surface area (Å²) in [6.07, 6.45) is -0.109. The van der Waals surface area contributed by atoms with Crippen molar-refractivity contribution in [2.45, 2.75) is 44.6 Å². The maximum atomic E-state index is 13.7. The van der Waals surface area contributed by atoms with Gasteiger partial charge in [-0.1, -0.05) is 36.4 Å². The zero-order valence-corrected chi connectivity index (χ0v) is 23.2. The lowest BCUT2D eigenvalue weighted by Crippen LogP contribution is -2.34. The summed E-state index contributed by atoms with van der Waals surface area (Å²) in [6.45, 7) is 7.72. The Morgan fingerprint density at radius 1 is 1.11 bits per heavy atom. The smallest absolute Gasteiger partial charge is 0.304 e. The number of aryl methyl sites for hydroxylation is 1. The number of rotatable bonds is 8. The number of benzene rings is 3. The maximum Gasteiger partial charge on any atom is 0.304 e. The number of carboxylic acids is 1. The topological polar surface area (TPSA) is 116 Å². The third-order valence-corrected chi connectivity index (χ3v) is 9.42. The third kappa shape index (κ3) is 5.21. The lowest BCUT2D eigenvalue weighted by molar-refractivity contribution is -0.137. The highest BCUT2D eigenvalue weighted by Crippen LogP contribution is 2.37. The summed E-state index contributed by atoms with van der Waals surface area (Å²) in [5.41, 5.74) is 12.7. The van der Waals surface area contributed by atoms with Gasteiger partial charge in [0.25, 0.3) is 0 Å². The number of fused-ring (bicyclic) bond motifs is 1. The van der Waals surface area contributed by atoms with E-state index in [1.165, 1.54) is 4.31 Å². The van der Waals surface area contributed by atoms with Gasteiger partial charge in [0.2, 0.25) is 10.0 Å². The number of carboxylic acid groups (broad SMARTS) is 1. The van der Waals surface area contributed by atoms with Crippen molar-refractivity contribution >= 4 is 33.1 Å².